The first-order valence-electron chi connectivity index (χ1n) is 5.76. The molecule has 1 aromatic rings. The number of hydrogen-bond acceptors (Lipinski definition) is 4. The van der Waals surface area contributed by atoms with Gasteiger partial charge in [-0.2, -0.15) is 0 Å². The Labute approximate surface area is 111 Å². The summed E-state index contributed by atoms with van der Waals surface area (Å²) in [6, 6.07) is 4.88. The minimum absolute atomic E-state index is 0.302. The number of carbonyl (C=O) groups excluding carboxylic acids is 1. The average molecular weight is 273 g/mol. The van der Waals surface area contributed by atoms with Crippen molar-refractivity contribution in [1.29, 1.82) is 0 Å². The number of rotatable bonds is 5. The number of aliphatic hydroxyl groups is 1. The van der Waals surface area contributed by atoms with Gasteiger partial charge in [-0.25, -0.2) is 4.79 Å². The summed E-state index contributed by atoms with van der Waals surface area (Å²) >= 11 is 5.85. The number of hydrogen-bond donors (Lipinski definition) is 1. The molecule has 1 rings (SSSR count). The number of halogens is 1. The van der Waals surface area contributed by atoms with E-state index in [4.69, 9.17) is 21.1 Å². The number of carbonyl (C=O) groups is 1. The lowest BCUT2D eigenvalue weighted by molar-refractivity contribution is -0.150. The summed E-state index contributed by atoms with van der Waals surface area (Å²) in [5, 5.41) is 10.1. The van der Waals surface area contributed by atoms with Crippen LogP contribution in [-0.2, 0) is 9.53 Å². The van der Waals surface area contributed by atoms with Gasteiger partial charge >= 0.3 is 5.97 Å². The smallest absolute Gasteiger partial charge is 0.347 e. The summed E-state index contributed by atoms with van der Waals surface area (Å²) in [6.07, 6.45) is -1.46. The first-order valence-corrected chi connectivity index (χ1v) is 6.14. The maximum absolute atomic E-state index is 11.5. The average Bonchev–Trinajstić information content (AvgIpc) is 2.31. The fourth-order valence-electron chi connectivity index (χ4n) is 1.45. The molecule has 100 valence electrons. The number of esters is 1. The molecule has 0 aromatic heterocycles. The molecule has 2 atom stereocenters. The Balaban J connectivity index is 2.87. The van der Waals surface area contributed by atoms with Gasteiger partial charge in [-0.3, -0.25) is 0 Å². The summed E-state index contributed by atoms with van der Waals surface area (Å²) in [4.78, 5) is 11.5. The highest BCUT2D eigenvalue weighted by Gasteiger charge is 2.18. The first kappa shape index (κ1) is 14.8. The van der Waals surface area contributed by atoms with E-state index in [1.807, 2.05) is 0 Å². The van der Waals surface area contributed by atoms with Crippen LogP contribution in [-0.4, -0.2) is 23.8 Å². The molecule has 0 saturated heterocycles. The highest BCUT2D eigenvalue weighted by Crippen LogP contribution is 2.29. The van der Waals surface area contributed by atoms with Gasteiger partial charge < -0.3 is 14.6 Å². The molecule has 2 unspecified atom stereocenters. The molecule has 18 heavy (non-hydrogen) atoms. The lowest BCUT2D eigenvalue weighted by Gasteiger charge is -2.17. The van der Waals surface area contributed by atoms with E-state index < -0.39 is 18.2 Å². The zero-order valence-corrected chi connectivity index (χ0v) is 11.4. The van der Waals surface area contributed by atoms with Gasteiger partial charge in [0.15, 0.2) is 6.10 Å². The van der Waals surface area contributed by atoms with Crippen molar-refractivity contribution in [3.8, 4) is 5.75 Å². The van der Waals surface area contributed by atoms with Crippen LogP contribution in [0.4, 0.5) is 0 Å². The Morgan fingerprint density at radius 3 is 2.67 bits per heavy atom. The fourth-order valence-corrected chi connectivity index (χ4v) is 1.63. The normalized spacial score (nSPS) is 13.8. The Morgan fingerprint density at radius 2 is 2.11 bits per heavy atom. The van der Waals surface area contributed by atoms with E-state index in [1.165, 1.54) is 0 Å². The molecule has 0 amide bonds. The molecular weight excluding hydrogens is 256 g/mol. The van der Waals surface area contributed by atoms with Crippen LogP contribution >= 0.6 is 11.6 Å². The van der Waals surface area contributed by atoms with Gasteiger partial charge in [-0.15, -0.1) is 0 Å². The molecule has 0 fully saturated rings. The number of benzene rings is 1. The van der Waals surface area contributed by atoms with E-state index in [1.54, 1.807) is 39.0 Å². The summed E-state index contributed by atoms with van der Waals surface area (Å²) in [5.41, 5.74) is 0.540. The summed E-state index contributed by atoms with van der Waals surface area (Å²) < 4.78 is 10.3. The topological polar surface area (TPSA) is 55.8 Å². The monoisotopic (exact) mass is 272 g/mol. The molecule has 1 aromatic carbocycles. The second-order valence-electron chi connectivity index (χ2n) is 3.87. The van der Waals surface area contributed by atoms with Crippen molar-refractivity contribution in [3.05, 3.63) is 28.8 Å². The molecule has 0 saturated carbocycles. The van der Waals surface area contributed by atoms with E-state index in [2.05, 4.69) is 0 Å². The van der Waals surface area contributed by atoms with Gasteiger partial charge in [0, 0.05) is 10.6 Å². The van der Waals surface area contributed by atoms with Gasteiger partial charge in [0.1, 0.15) is 5.75 Å². The van der Waals surface area contributed by atoms with Crippen molar-refractivity contribution in [2.75, 3.05) is 6.61 Å². The van der Waals surface area contributed by atoms with Crippen molar-refractivity contribution in [3.63, 3.8) is 0 Å². The Morgan fingerprint density at radius 1 is 1.44 bits per heavy atom. The van der Waals surface area contributed by atoms with Gasteiger partial charge in [0.2, 0.25) is 0 Å². The Bertz CT molecular complexity index is 417. The third-order valence-electron chi connectivity index (χ3n) is 2.34. The largest absolute Gasteiger partial charge is 0.479 e. The maximum Gasteiger partial charge on any atom is 0.347 e. The second kappa shape index (κ2) is 6.61. The molecule has 0 aliphatic carbocycles. The highest BCUT2D eigenvalue weighted by molar-refractivity contribution is 6.30. The first-order chi connectivity index (χ1) is 8.45. The lowest BCUT2D eigenvalue weighted by Crippen LogP contribution is -2.26. The molecule has 0 bridgehead atoms. The molecule has 0 aliphatic heterocycles. The van der Waals surface area contributed by atoms with E-state index >= 15 is 0 Å². The fraction of sp³-hybridized carbons (Fsp3) is 0.462. The number of ether oxygens (including phenoxy) is 2. The predicted molar refractivity (Wildman–Crippen MR) is 68.8 cm³/mol. The van der Waals surface area contributed by atoms with Crippen molar-refractivity contribution >= 4 is 17.6 Å². The van der Waals surface area contributed by atoms with Crippen LogP contribution in [0.3, 0.4) is 0 Å². The lowest BCUT2D eigenvalue weighted by atomic mass is 10.1. The second-order valence-corrected chi connectivity index (χ2v) is 4.31. The maximum atomic E-state index is 11.5. The molecule has 0 aliphatic rings. The number of aliphatic hydroxyl groups excluding tert-OH is 1. The SMILES string of the molecule is CCOC(=O)C(C)Oc1ccc(Cl)cc1C(C)O. The van der Waals surface area contributed by atoms with Gasteiger partial charge in [-0.1, -0.05) is 11.6 Å². The van der Waals surface area contributed by atoms with Crippen LogP contribution in [0.15, 0.2) is 18.2 Å². The van der Waals surface area contributed by atoms with Crippen LogP contribution in [0.5, 0.6) is 5.75 Å². The van der Waals surface area contributed by atoms with Crippen LogP contribution in [0.1, 0.15) is 32.4 Å². The molecular formula is C13H17ClO4. The van der Waals surface area contributed by atoms with Crippen molar-refractivity contribution in [2.24, 2.45) is 0 Å². The minimum Gasteiger partial charge on any atom is -0.479 e. The van der Waals surface area contributed by atoms with Crippen molar-refractivity contribution in [2.45, 2.75) is 33.0 Å². The summed E-state index contributed by atoms with van der Waals surface area (Å²) in [7, 11) is 0. The van der Waals surface area contributed by atoms with Crippen LogP contribution in [0.2, 0.25) is 5.02 Å². The zero-order valence-electron chi connectivity index (χ0n) is 10.6. The van der Waals surface area contributed by atoms with Crippen LogP contribution < -0.4 is 4.74 Å². The van der Waals surface area contributed by atoms with Gasteiger partial charge in [0.05, 0.1) is 12.7 Å². The molecule has 4 nitrogen and oxygen atoms in total. The van der Waals surface area contributed by atoms with E-state index in [0.29, 0.717) is 22.9 Å². The van der Waals surface area contributed by atoms with Crippen molar-refractivity contribution < 1.29 is 19.4 Å². The van der Waals surface area contributed by atoms with Gasteiger partial charge in [-0.05, 0) is 39.0 Å². The molecule has 0 radical (unpaired) electrons. The van der Waals surface area contributed by atoms with Crippen LogP contribution in [0, 0.1) is 0 Å². The zero-order chi connectivity index (χ0) is 13.7. The quantitative estimate of drug-likeness (QED) is 0.838. The highest BCUT2D eigenvalue weighted by atomic mass is 35.5. The summed E-state index contributed by atoms with van der Waals surface area (Å²) in [5.74, 6) is -0.0149. The Hall–Kier alpha value is -1.26. The van der Waals surface area contributed by atoms with E-state index in [-0.39, 0.29) is 0 Å². The van der Waals surface area contributed by atoms with Crippen molar-refractivity contribution in [1.82, 2.24) is 0 Å². The standard InChI is InChI=1S/C13H17ClO4/c1-4-17-13(16)9(3)18-12-6-5-10(14)7-11(12)8(2)15/h5-9,15H,4H2,1-3H3. The molecule has 5 heteroatoms. The predicted octanol–water partition coefficient (Wildman–Crippen LogP) is 2.72. The minimum atomic E-state index is -0.733. The molecule has 0 spiro atoms. The van der Waals surface area contributed by atoms with E-state index in [9.17, 15) is 9.90 Å². The van der Waals surface area contributed by atoms with Crippen LogP contribution in [0.25, 0.3) is 0 Å². The van der Waals surface area contributed by atoms with E-state index in [0.717, 1.165) is 0 Å². The van der Waals surface area contributed by atoms with Gasteiger partial charge in [0.25, 0.3) is 0 Å². The third kappa shape index (κ3) is 3.89. The molecule has 1 N–H and O–H groups in total. The third-order valence-corrected chi connectivity index (χ3v) is 2.58. The summed E-state index contributed by atoms with van der Waals surface area (Å²) in [6.45, 7) is 5.23. The Kier molecular flexibility index (Phi) is 5.44. The molecule has 0 heterocycles.